The number of benzene rings is 1. The summed E-state index contributed by atoms with van der Waals surface area (Å²) >= 11 is 0. The Hall–Kier alpha value is -1.82. The molecule has 0 aliphatic carbocycles. The fourth-order valence-corrected chi connectivity index (χ4v) is 1.87. The molecule has 2 N–H and O–H groups in total. The number of nitrogens with one attached hydrogen (secondary N) is 2. The van der Waals surface area contributed by atoms with Gasteiger partial charge in [-0.3, -0.25) is 5.10 Å². The third kappa shape index (κ3) is 3.57. The van der Waals surface area contributed by atoms with Crippen LogP contribution < -0.4 is 5.32 Å². The molecule has 0 aliphatic heterocycles. The third-order valence-corrected chi connectivity index (χ3v) is 2.84. The average molecular weight is 266 g/mol. The first kappa shape index (κ1) is 13.6. The highest BCUT2D eigenvalue weighted by Crippen LogP contribution is 2.18. The van der Waals surface area contributed by atoms with Crippen molar-refractivity contribution < 1.29 is 8.78 Å². The van der Waals surface area contributed by atoms with Crippen LogP contribution in [0.2, 0.25) is 0 Å². The second-order valence-electron chi connectivity index (χ2n) is 4.32. The number of aromatic nitrogens is 3. The molecule has 4 nitrogen and oxygen atoms in total. The summed E-state index contributed by atoms with van der Waals surface area (Å²) in [5.74, 6) is -0.459. The van der Waals surface area contributed by atoms with Crippen molar-refractivity contribution in [3.8, 4) is 0 Å². The normalized spacial score (nSPS) is 12.6. The molecular formula is C13H16F2N4. The molecule has 1 aromatic carbocycles. The van der Waals surface area contributed by atoms with E-state index in [0.29, 0.717) is 17.8 Å². The standard InChI is InChI=1S/C13H16F2N4/c1-2-5-16-12(13-17-8-18-19-13)6-9-3-4-10(14)7-11(9)15/h3-4,7-8,12,16H,2,5-6H2,1H3,(H,17,18,19). The van der Waals surface area contributed by atoms with Gasteiger partial charge < -0.3 is 5.32 Å². The average Bonchev–Trinajstić information content (AvgIpc) is 2.90. The molecule has 6 heteroatoms. The van der Waals surface area contributed by atoms with Gasteiger partial charge in [-0.25, -0.2) is 13.8 Å². The second kappa shape index (κ2) is 6.38. The molecular weight excluding hydrogens is 250 g/mol. The van der Waals surface area contributed by atoms with Gasteiger partial charge in [0.2, 0.25) is 0 Å². The topological polar surface area (TPSA) is 53.6 Å². The van der Waals surface area contributed by atoms with Gasteiger partial charge in [0.25, 0.3) is 0 Å². The Balaban J connectivity index is 2.15. The SMILES string of the molecule is CCCNC(Cc1ccc(F)cc1F)c1ncn[nH]1. The lowest BCUT2D eigenvalue weighted by Crippen LogP contribution is -2.25. The fraction of sp³-hybridized carbons (Fsp3) is 0.385. The van der Waals surface area contributed by atoms with Crippen LogP contribution in [-0.2, 0) is 6.42 Å². The number of nitrogens with zero attached hydrogens (tertiary/aromatic N) is 2. The molecule has 1 aromatic heterocycles. The van der Waals surface area contributed by atoms with Crippen LogP contribution in [0.25, 0.3) is 0 Å². The van der Waals surface area contributed by atoms with Crippen LogP contribution in [0.15, 0.2) is 24.5 Å². The number of H-pyrrole nitrogens is 1. The molecule has 0 spiro atoms. The summed E-state index contributed by atoms with van der Waals surface area (Å²) in [7, 11) is 0. The van der Waals surface area contributed by atoms with Crippen molar-refractivity contribution in [3.05, 3.63) is 47.5 Å². The maximum atomic E-state index is 13.7. The van der Waals surface area contributed by atoms with Gasteiger partial charge in [-0.1, -0.05) is 13.0 Å². The molecule has 1 atom stereocenters. The van der Waals surface area contributed by atoms with Crippen LogP contribution in [-0.4, -0.2) is 21.7 Å². The Morgan fingerprint density at radius 2 is 2.21 bits per heavy atom. The number of hydrogen-bond acceptors (Lipinski definition) is 3. The van der Waals surface area contributed by atoms with Crippen molar-refractivity contribution in [2.75, 3.05) is 6.54 Å². The highest BCUT2D eigenvalue weighted by molar-refractivity contribution is 5.20. The minimum absolute atomic E-state index is 0.164. The van der Waals surface area contributed by atoms with Crippen molar-refractivity contribution >= 4 is 0 Å². The Kier molecular flexibility index (Phi) is 4.57. The Bertz CT molecular complexity index is 513. The number of rotatable bonds is 6. The van der Waals surface area contributed by atoms with Crippen molar-refractivity contribution in [1.29, 1.82) is 0 Å². The van der Waals surface area contributed by atoms with E-state index in [1.165, 1.54) is 18.5 Å². The first-order chi connectivity index (χ1) is 9.20. The zero-order chi connectivity index (χ0) is 13.7. The van der Waals surface area contributed by atoms with E-state index in [1.54, 1.807) is 0 Å². The van der Waals surface area contributed by atoms with Gasteiger partial charge >= 0.3 is 0 Å². The Labute approximate surface area is 110 Å². The zero-order valence-electron chi connectivity index (χ0n) is 10.7. The van der Waals surface area contributed by atoms with Gasteiger partial charge in [-0.2, -0.15) is 5.10 Å². The van der Waals surface area contributed by atoms with Gasteiger partial charge in [0.05, 0.1) is 6.04 Å². The molecule has 0 amide bonds. The predicted octanol–water partition coefficient (Wildman–Crippen LogP) is 2.37. The Morgan fingerprint density at radius 3 is 2.84 bits per heavy atom. The van der Waals surface area contributed by atoms with E-state index in [-0.39, 0.29) is 6.04 Å². The Morgan fingerprint density at radius 1 is 1.37 bits per heavy atom. The van der Waals surface area contributed by atoms with Crippen LogP contribution >= 0.6 is 0 Å². The van der Waals surface area contributed by atoms with E-state index in [4.69, 9.17) is 0 Å². The maximum Gasteiger partial charge on any atom is 0.141 e. The first-order valence-corrected chi connectivity index (χ1v) is 6.23. The first-order valence-electron chi connectivity index (χ1n) is 6.23. The summed E-state index contributed by atoms with van der Waals surface area (Å²) in [6.45, 7) is 2.83. The highest BCUT2D eigenvalue weighted by Gasteiger charge is 2.16. The molecule has 2 rings (SSSR count). The molecule has 1 heterocycles. The van der Waals surface area contributed by atoms with Crippen molar-refractivity contribution in [2.45, 2.75) is 25.8 Å². The van der Waals surface area contributed by atoms with E-state index in [2.05, 4.69) is 20.5 Å². The molecule has 0 saturated heterocycles. The van der Waals surface area contributed by atoms with Gasteiger partial charge in [0.1, 0.15) is 23.8 Å². The lowest BCUT2D eigenvalue weighted by Gasteiger charge is -2.16. The third-order valence-electron chi connectivity index (χ3n) is 2.84. The quantitative estimate of drug-likeness (QED) is 0.844. The van der Waals surface area contributed by atoms with Crippen LogP contribution in [0.1, 0.15) is 30.8 Å². The van der Waals surface area contributed by atoms with Gasteiger partial charge in [-0.05, 0) is 31.0 Å². The van der Waals surface area contributed by atoms with Crippen LogP contribution in [0.5, 0.6) is 0 Å². The van der Waals surface area contributed by atoms with E-state index < -0.39 is 11.6 Å². The van der Waals surface area contributed by atoms with Crippen LogP contribution in [0, 0.1) is 11.6 Å². The summed E-state index contributed by atoms with van der Waals surface area (Å²) in [6, 6.07) is 3.45. The van der Waals surface area contributed by atoms with E-state index >= 15 is 0 Å². The summed E-state index contributed by atoms with van der Waals surface area (Å²) < 4.78 is 26.5. The summed E-state index contributed by atoms with van der Waals surface area (Å²) in [5, 5.41) is 9.84. The maximum absolute atomic E-state index is 13.7. The highest BCUT2D eigenvalue weighted by atomic mass is 19.1. The molecule has 0 bridgehead atoms. The minimum Gasteiger partial charge on any atom is -0.307 e. The van der Waals surface area contributed by atoms with Crippen LogP contribution in [0.3, 0.4) is 0 Å². The molecule has 1 unspecified atom stereocenters. The summed E-state index contributed by atoms with van der Waals surface area (Å²) in [5.41, 5.74) is 0.450. The van der Waals surface area contributed by atoms with Crippen LogP contribution in [0.4, 0.5) is 8.78 Å². The largest absolute Gasteiger partial charge is 0.307 e. The van der Waals surface area contributed by atoms with E-state index in [1.807, 2.05) is 6.92 Å². The molecule has 0 radical (unpaired) electrons. The molecule has 0 saturated carbocycles. The van der Waals surface area contributed by atoms with E-state index in [9.17, 15) is 8.78 Å². The molecule has 0 fully saturated rings. The lowest BCUT2D eigenvalue weighted by atomic mass is 10.0. The minimum atomic E-state index is -0.570. The number of aromatic amines is 1. The van der Waals surface area contributed by atoms with Crippen molar-refractivity contribution in [3.63, 3.8) is 0 Å². The number of halogens is 2. The van der Waals surface area contributed by atoms with Crippen molar-refractivity contribution in [1.82, 2.24) is 20.5 Å². The molecule has 19 heavy (non-hydrogen) atoms. The second-order valence-corrected chi connectivity index (χ2v) is 4.32. The summed E-state index contributed by atoms with van der Waals surface area (Å²) in [6.07, 6.45) is 2.76. The smallest absolute Gasteiger partial charge is 0.141 e. The number of hydrogen-bond donors (Lipinski definition) is 2. The van der Waals surface area contributed by atoms with Gasteiger partial charge in [0, 0.05) is 6.07 Å². The summed E-state index contributed by atoms with van der Waals surface area (Å²) in [4.78, 5) is 4.09. The fourth-order valence-electron chi connectivity index (χ4n) is 1.87. The van der Waals surface area contributed by atoms with Gasteiger partial charge in [-0.15, -0.1) is 0 Å². The van der Waals surface area contributed by atoms with Crippen molar-refractivity contribution in [2.24, 2.45) is 0 Å². The molecule has 102 valence electrons. The monoisotopic (exact) mass is 266 g/mol. The van der Waals surface area contributed by atoms with Gasteiger partial charge in [0.15, 0.2) is 0 Å². The molecule has 0 aliphatic rings. The predicted molar refractivity (Wildman–Crippen MR) is 67.5 cm³/mol. The zero-order valence-corrected chi connectivity index (χ0v) is 10.7. The lowest BCUT2D eigenvalue weighted by molar-refractivity contribution is 0.490. The van der Waals surface area contributed by atoms with E-state index in [0.717, 1.165) is 19.0 Å². The molecule has 2 aromatic rings.